The standard InChI is InChI=1S/C12H23N3O/c1-5-15-11(7-8-14-15)9-13-10-12(3,4)16-6-2/h7-8,13H,5-6,9-10H2,1-4H3. The van der Waals surface area contributed by atoms with Gasteiger partial charge in [-0.1, -0.05) is 0 Å². The van der Waals surface area contributed by atoms with E-state index in [1.807, 2.05) is 23.9 Å². The summed E-state index contributed by atoms with van der Waals surface area (Å²) >= 11 is 0. The molecule has 0 radical (unpaired) electrons. The van der Waals surface area contributed by atoms with Crippen LogP contribution < -0.4 is 5.32 Å². The Balaban J connectivity index is 2.35. The predicted octanol–water partition coefficient (Wildman–Crippen LogP) is 1.81. The quantitative estimate of drug-likeness (QED) is 0.769. The third-order valence-electron chi connectivity index (χ3n) is 2.50. The van der Waals surface area contributed by atoms with E-state index in [0.29, 0.717) is 0 Å². The van der Waals surface area contributed by atoms with Crippen LogP contribution in [0.5, 0.6) is 0 Å². The SMILES string of the molecule is CCOC(C)(C)CNCc1ccnn1CC. The molecule has 0 atom stereocenters. The summed E-state index contributed by atoms with van der Waals surface area (Å²) in [6, 6.07) is 2.05. The van der Waals surface area contributed by atoms with Crippen molar-refractivity contribution in [2.24, 2.45) is 0 Å². The first-order chi connectivity index (χ1) is 7.59. The van der Waals surface area contributed by atoms with Crippen molar-refractivity contribution in [3.63, 3.8) is 0 Å². The first kappa shape index (κ1) is 13.2. The van der Waals surface area contributed by atoms with Crippen LogP contribution in [-0.4, -0.2) is 28.5 Å². The molecule has 4 nitrogen and oxygen atoms in total. The minimum absolute atomic E-state index is 0.105. The number of aromatic nitrogens is 2. The molecule has 0 aliphatic carbocycles. The maximum absolute atomic E-state index is 5.62. The third kappa shape index (κ3) is 3.94. The second-order valence-corrected chi connectivity index (χ2v) is 4.43. The summed E-state index contributed by atoms with van der Waals surface area (Å²) in [6.07, 6.45) is 1.84. The fraction of sp³-hybridized carbons (Fsp3) is 0.750. The van der Waals surface area contributed by atoms with Crippen molar-refractivity contribution in [1.29, 1.82) is 0 Å². The summed E-state index contributed by atoms with van der Waals surface area (Å²) in [6.45, 7) is 11.7. The van der Waals surface area contributed by atoms with Gasteiger partial charge in [-0.05, 0) is 33.8 Å². The largest absolute Gasteiger partial charge is 0.375 e. The van der Waals surface area contributed by atoms with Gasteiger partial charge < -0.3 is 10.1 Å². The smallest absolute Gasteiger partial charge is 0.0750 e. The van der Waals surface area contributed by atoms with Gasteiger partial charge in [-0.25, -0.2) is 0 Å². The number of aryl methyl sites for hydroxylation is 1. The molecular weight excluding hydrogens is 202 g/mol. The van der Waals surface area contributed by atoms with Crippen molar-refractivity contribution in [3.05, 3.63) is 18.0 Å². The van der Waals surface area contributed by atoms with E-state index in [2.05, 4.69) is 31.2 Å². The van der Waals surface area contributed by atoms with Crippen LogP contribution in [0.1, 0.15) is 33.4 Å². The van der Waals surface area contributed by atoms with E-state index in [1.54, 1.807) is 0 Å². The van der Waals surface area contributed by atoms with Crippen molar-refractivity contribution in [2.75, 3.05) is 13.2 Å². The fourth-order valence-corrected chi connectivity index (χ4v) is 1.73. The predicted molar refractivity (Wildman–Crippen MR) is 65.3 cm³/mol. The highest BCUT2D eigenvalue weighted by Gasteiger charge is 2.16. The van der Waals surface area contributed by atoms with Gasteiger partial charge in [0.15, 0.2) is 0 Å². The van der Waals surface area contributed by atoms with E-state index in [0.717, 1.165) is 26.2 Å². The van der Waals surface area contributed by atoms with Crippen LogP contribution in [0.25, 0.3) is 0 Å². The van der Waals surface area contributed by atoms with E-state index >= 15 is 0 Å². The van der Waals surface area contributed by atoms with E-state index in [1.165, 1.54) is 5.69 Å². The lowest BCUT2D eigenvalue weighted by molar-refractivity contribution is -0.00906. The molecule has 0 unspecified atom stereocenters. The zero-order valence-electron chi connectivity index (χ0n) is 10.8. The molecule has 1 N–H and O–H groups in total. The van der Waals surface area contributed by atoms with E-state index < -0.39 is 0 Å². The van der Waals surface area contributed by atoms with Crippen molar-refractivity contribution in [2.45, 2.75) is 46.4 Å². The van der Waals surface area contributed by atoms with Gasteiger partial charge in [-0.15, -0.1) is 0 Å². The van der Waals surface area contributed by atoms with Gasteiger partial charge >= 0.3 is 0 Å². The molecule has 1 aromatic rings. The zero-order valence-corrected chi connectivity index (χ0v) is 10.8. The zero-order chi connectivity index (χ0) is 12.0. The maximum Gasteiger partial charge on any atom is 0.0750 e. The molecule has 0 aliphatic rings. The summed E-state index contributed by atoms with van der Waals surface area (Å²) in [4.78, 5) is 0. The van der Waals surface area contributed by atoms with E-state index in [9.17, 15) is 0 Å². The normalized spacial score (nSPS) is 12.0. The van der Waals surface area contributed by atoms with Crippen LogP contribution in [0, 0.1) is 0 Å². The van der Waals surface area contributed by atoms with E-state index in [4.69, 9.17) is 4.74 Å². The Morgan fingerprint density at radius 2 is 2.19 bits per heavy atom. The lowest BCUT2D eigenvalue weighted by Gasteiger charge is -2.25. The van der Waals surface area contributed by atoms with Crippen molar-refractivity contribution in [3.8, 4) is 0 Å². The Morgan fingerprint density at radius 3 is 2.81 bits per heavy atom. The molecule has 0 fully saturated rings. The van der Waals surface area contributed by atoms with Gasteiger partial charge in [-0.2, -0.15) is 5.10 Å². The summed E-state index contributed by atoms with van der Waals surface area (Å²) in [7, 11) is 0. The van der Waals surface area contributed by atoms with Crippen LogP contribution in [0.4, 0.5) is 0 Å². The number of ether oxygens (including phenoxy) is 1. The van der Waals surface area contributed by atoms with Gasteiger partial charge in [0.25, 0.3) is 0 Å². The Morgan fingerprint density at radius 1 is 1.44 bits per heavy atom. The molecule has 4 heteroatoms. The van der Waals surface area contributed by atoms with Crippen LogP contribution in [-0.2, 0) is 17.8 Å². The van der Waals surface area contributed by atoms with Crippen LogP contribution in [0.15, 0.2) is 12.3 Å². The molecule has 16 heavy (non-hydrogen) atoms. The minimum Gasteiger partial charge on any atom is -0.375 e. The molecule has 0 spiro atoms. The lowest BCUT2D eigenvalue weighted by atomic mass is 10.1. The number of nitrogens with one attached hydrogen (secondary N) is 1. The van der Waals surface area contributed by atoms with Crippen molar-refractivity contribution in [1.82, 2.24) is 15.1 Å². The summed E-state index contributed by atoms with van der Waals surface area (Å²) in [5.41, 5.74) is 1.11. The maximum atomic E-state index is 5.62. The van der Waals surface area contributed by atoms with Crippen LogP contribution in [0.3, 0.4) is 0 Å². The number of hydrogen-bond acceptors (Lipinski definition) is 3. The molecule has 0 amide bonds. The molecule has 1 rings (SSSR count). The lowest BCUT2D eigenvalue weighted by Crippen LogP contribution is -2.37. The molecule has 0 aliphatic heterocycles. The monoisotopic (exact) mass is 225 g/mol. The molecule has 1 heterocycles. The Hall–Kier alpha value is -0.870. The Kier molecular flexibility index (Phi) is 4.96. The number of nitrogens with zero attached hydrogens (tertiary/aromatic N) is 2. The first-order valence-electron chi connectivity index (χ1n) is 5.94. The van der Waals surface area contributed by atoms with Crippen LogP contribution in [0.2, 0.25) is 0 Å². The molecule has 0 saturated carbocycles. The molecule has 0 bridgehead atoms. The first-order valence-corrected chi connectivity index (χ1v) is 5.94. The van der Waals surface area contributed by atoms with E-state index in [-0.39, 0.29) is 5.60 Å². The van der Waals surface area contributed by atoms with Gasteiger partial charge in [0.05, 0.1) is 11.3 Å². The fourth-order valence-electron chi connectivity index (χ4n) is 1.73. The van der Waals surface area contributed by atoms with Gasteiger partial charge in [0.2, 0.25) is 0 Å². The second kappa shape index (κ2) is 6.01. The average Bonchev–Trinajstić information content (AvgIpc) is 2.64. The number of rotatable bonds is 7. The van der Waals surface area contributed by atoms with Gasteiger partial charge in [0, 0.05) is 32.4 Å². The Labute approximate surface area is 98.0 Å². The third-order valence-corrected chi connectivity index (χ3v) is 2.50. The van der Waals surface area contributed by atoms with Crippen LogP contribution >= 0.6 is 0 Å². The Bertz CT molecular complexity index is 307. The molecule has 0 aromatic carbocycles. The summed E-state index contributed by atoms with van der Waals surface area (Å²) in [5.74, 6) is 0. The molecular formula is C12H23N3O. The van der Waals surface area contributed by atoms with Crippen molar-refractivity contribution >= 4 is 0 Å². The summed E-state index contributed by atoms with van der Waals surface area (Å²) in [5, 5.41) is 7.63. The second-order valence-electron chi connectivity index (χ2n) is 4.43. The minimum atomic E-state index is -0.105. The molecule has 1 aromatic heterocycles. The highest BCUT2D eigenvalue weighted by Crippen LogP contribution is 2.07. The highest BCUT2D eigenvalue weighted by molar-refractivity contribution is 5.00. The number of hydrogen-bond donors (Lipinski definition) is 1. The highest BCUT2D eigenvalue weighted by atomic mass is 16.5. The molecule has 0 saturated heterocycles. The van der Waals surface area contributed by atoms with Gasteiger partial charge in [0.1, 0.15) is 0 Å². The van der Waals surface area contributed by atoms with Gasteiger partial charge in [-0.3, -0.25) is 4.68 Å². The van der Waals surface area contributed by atoms with Crippen molar-refractivity contribution < 1.29 is 4.74 Å². The topological polar surface area (TPSA) is 39.1 Å². The summed E-state index contributed by atoms with van der Waals surface area (Å²) < 4.78 is 7.62. The average molecular weight is 225 g/mol. The molecule has 92 valence electrons.